The summed E-state index contributed by atoms with van der Waals surface area (Å²) < 4.78 is 6.16. The van der Waals surface area contributed by atoms with Crippen molar-refractivity contribution in [1.82, 2.24) is 10.2 Å². The molecule has 0 spiro atoms. The Kier molecular flexibility index (Phi) is 9.34. The van der Waals surface area contributed by atoms with Crippen molar-refractivity contribution >= 4 is 23.6 Å². The Morgan fingerprint density at radius 2 is 1.64 bits per heavy atom. The van der Waals surface area contributed by atoms with Gasteiger partial charge in [0.2, 0.25) is 5.91 Å². The number of carbonyl (C=O) groups is 4. The first-order valence-electron chi connectivity index (χ1n) is 19.8. The van der Waals surface area contributed by atoms with Crippen LogP contribution in [-0.2, 0) is 23.9 Å². The minimum Gasteiger partial charge on any atom is -0.481 e. The SMILES string of the molecule is CC(C)C1=C2C3CCC4[C@@]5(C)CC[C@H](OC(=O)CC(C)(C)C(=O)O)C(C)(C)C5CC[C@@]4(C)[C@]3(C)CC[C@@]2(C(=O)NC[C@H]2CCCN2C)CC1=O. The Morgan fingerprint density at radius 3 is 2.26 bits per heavy atom. The van der Waals surface area contributed by atoms with Crippen LogP contribution in [-0.4, -0.2) is 65.9 Å². The number of aliphatic carboxylic acids is 1. The third-order valence-electron chi connectivity index (χ3n) is 16.4. The van der Waals surface area contributed by atoms with Crippen molar-refractivity contribution in [2.24, 2.45) is 56.2 Å². The van der Waals surface area contributed by atoms with Crippen LogP contribution in [0.25, 0.3) is 0 Å². The Hall–Kier alpha value is -2.22. The third kappa shape index (κ3) is 5.45. The van der Waals surface area contributed by atoms with Gasteiger partial charge in [0, 0.05) is 24.4 Å². The summed E-state index contributed by atoms with van der Waals surface area (Å²) in [5.74, 6) is 0.0249. The number of likely N-dealkylation sites (N-methyl/N-ethyl adjacent to an activating group) is 1. The first kappa shape index (κ1) is 37.5. The van der Waals surface area contributed by atoms with E-state index in [0.717, 1.165) is 76.3 Å². The van der Waals surface area contributed by atoms with E-state index in [1.54, 1.807) is 13.8 Å². The molecule has 1 saturated heterocycles. The van der Waals surface area contributed by atoms with Gasteiger partial charge in [0.05, 0.1) is 17.3 Å². The zero-order valence-electron chi connectivity index (χ0n) is 32.8. The minimum absolute atomic E-state index is 0.0324. The van der Waals surface area contributed by atoms with E-state index in [-0.39, 0.29) is 57.7 Å². The van der Waals surface area contributed by atoms with Crippen molar-refractivity contribution in [2.45, 2.75) is 152 Å². The number of ether oxygens (including phenoxy) is 1. The number of carbonyl (C=O) groups excluding carboxylic acids is 3. The summed E-state index contributed by atoms with van der Waals surface area (Å²) in [6.45, 7) is 21.3. The van der Waals surface area contributed by atoms with Crippen molar-refractivity contribution in [3.8, 4) is 0 Å². The van der Waals surface area contributed by atoms with Crippen molar-refractivity contribution < 1.29 is 29.0 Å². The number of amides is 1. The molecule has 3 unspecified atom stereocenters. The van der Waals surface area contributed by atoms with Crippen LogP contribution >= 0.6 is 0 Å². The van der Waals surface area contributed by atoms with Crippen LogP contribution in [0.2, 0.25) is 0 Å². The van der Waals surface area contributed by atoms with E-state index in [4.69, 9.17) is 4.74 Å². The number of ketones is 1. The molecule has 1 amide bonds. The molecular formula is C42H66N2O6. The van der Waals surface area contributed by atoms with Crippen LogP contribution in [0.4, 0.5) is 0 Å². The van der Waals surface area contributed by atoms with Gasteiger partial charge in [-0.25, -0.2) is 0 Å². The summed E-state index contributed by atoms with van der Waals surface area (Å²) in [7, 11) is 2.15. The molecule has 8 heteroatoms. The highest BCUT2D eigenvalue weighted by Crippen LogP contribution is 2.76. The van der Waals surface area contributed by atoms with Crippen LogP contribution < -0.4 is 5.32 Å². The van der Waals surface area contributed by atoms with Crippen molar-refractivity contribution in [1.29, 1.82) is 0 Å². The number of rotatable bonds is 8. The summed E-state index contributed by atoms with van der Waals surface area (Å²) in [6.07, 6.45) is 9.86. The molecule has 4 saturated carbocycles. The Labute approximate surface area is 301 Å². The summed E-state index contributed by atoms with van der Waals surface area (Å²) in [5.41, 5.74) is 0.103. The number of carboxylic acids is 1. The number of Topliss-reactive ketones (excluding diaryl/α,β-unsaturated/α-hetero) is 1. The van der Waals surface area contributed by atoms with Crippen LogP contribution in [0.3, 0.4) is 0 Å². The van der Waals surface area contributed by atoms with Gasteiger partial charge >= 0.3 is 11.9 Å². The zero-order valence-corrected chi connectivity index (χ0v) is 32.8. The van der Waals surface area contributed by atoms with Crippen molar-refractivity contribution in [3.63, 3.8) is 0 Å². The van der Waals surface area contributed by atoms with Gasteiger partial charge < -0.3 is 20.1 Å². The maximum atomic E-state index is 14.5. The predicted molar refractivity (Wildman–Crippen MR) is 194 cm³/mol. The average Bonchev–Trinajstić information content (AvgIpc) is 3.57. The topological polar surface area (TPSA) is 113 Å². The number of carboxylic acid groups (broad SMARTS) is 1. The van der Waals surface area contributed by atoms with E-state index in [0.29, 0.717) is 30.8 Å². The minimum atomic E-state index is -1.16. The van der Waals surface area contributed by atoms with Gasteiger partial charge in [-0.15, -0.1) is 0 Å². The average molecular weight is 695 g/mol. The number of nitrogens with one attached hydrogen (secondary N) is 1. The normalized spacial score (nSPS) is 41.3. The highest BCUT2D eigenvalue weighted by atomic mass is 16.5. The second-order valence-electron chi connectivity index (χ2n) is 20.0. The van der Waals surface area contributed by atoms with Gasteiger partial charge in [0.1, 0.15) is 6.10 Å². The van der Waals surface area contributed by atoms with E-state index in [2.05, 4.69) is 65.7 Å². The van der Waals surface area contributed by atoms with Gasteiger partial charge in [-0.2, -0.15) is 0 Å². The summed E-state index contributed by atoms with van der Waals surface area (Å²) >= 11 is 0. The first-order chi connectivity index (χ1) is 23.2. The van der Waals surface area contributed by atoms with E-state index in [1.165, 1.54) is 5.57 Å². The summed E-state index contributed by atoms with van der Waals surface area (Å²) in [4.78, 5) is 55.6. The van der Waals surface area contributed by atoms with Gasteiger partial charge in [-0.3, -0.25) is 19.2 Å². The van der Waals surface area contributed by atoms with E-state index in [1.807, 2.05) is 0 Å². The zero-order chi connectivity index (χ0) is 36.8. The molecule has 6 rings (SSSR count). The number of hydrogen-bond donors (Lipinski definition) is 2. The lowest BCUT2D eigenvalue weighted by molar-refractivity contribution is -0.233. The predicted octanol–water partition coefficient (Wildman–Crippen LogP) is 7.59. The smallest absolute Gasteiger partial charge is 0.309 e. The number of fused-ring (bicyclic) bond motifs is 7. The lowest BCUT2D eigenvalue weighted by Crippen LogP contribution is -2.66. The third-order valence-corrected chi connectivity index (χ3v) is 16.4. The molecule has 6 aliphatic rings. The standard InChI is InChI=1S/C42H66N2O6/c1-25(2)33-28(45)22-42(35(47)43-24-26-12-11-21-44(26)10)20-19-40(8)27(34(33)42)13-14-30-39(7)17-16-31(50-32(46)23-37(3,4)36(48)49)38(5,6)29(39)15-18-41(30,40)9/h25-27,29-31H,11-24H2,1-10H3,(H,43,47)(H,48,49)/t26-,27?,29?,30?,31+,39+,40-,41-,42-/m1/s1. The fourth-order valence-corrected chi connectivity index (χ4v) is 13.3. The molecule has 0 radical (unpaired) electrons. The lowest BCUT2D eigenvalue weighted by Gasteiger charge is -2.72. The summed E-state index contributed by atoms with van der Waals surface area (Å²) in [6, 6.07) is 0.364. The van der Waals surface area contributed by atoms with Crippen LogP contribution in [0.15, 0.2) is 11.1 Å². The quantitative estimate of drug-likeness (QED) is 0.252. The molecule has 0 aromatic heterocycles. The van der Waals surface area contributed by atoms with Gasteiger partial charge in [-0.05, 0) is 143 Å². The molecule has 0 bridgehead atoms. The molecular weight excluding hydrogens is 628 g/mol. The van der Waals surface area contributed by atoms with E-state index >= 15 is 0 Å². The maximum Gasteiger partial charge on any atom is 0.309 e. The van der Waals surface area contributed by atoms with Gasteiger partial charge in [-0.1, -0.05) is 48.5 Å². The van der Waals surface area contributed by atoms with Crippen LogP contribution in [0, 0.1) is 56.2 Å². The second-order valence-corrected chi connectivity index (χ2v) is 20.0. The lowest BCUT2D eigenvalue weighted by atomic mass is 9.33. The van der Waals surface area contributed by atoms with Crippen molar-refractivity contribution in [2.75, 3.05) is 20.1 Å². The molecule has 5 fully saturated rings. The Bertz CT molecular complexity index is 1460. The molecule has 1 aliphatic heterocycles. The molecule has 0 aromatic rings. The van der Waals surface area contributed by atoms with Crippen LogP contribution in [0.1, 0.15) is 139 Å². The fourth-order valence-electron chi connectivity index (χ4n) is 13.3. The van der Waals surface area contributed by atoms with Gasteiger partial charge in [0.15, 0.2) is 5.78 Å². The molecule has 1 heterocycles. The second kappa shape index (κ2) is 12.4. The largest absolute Gasteiger partial charge is 0.481 e. The number of esters is 1. The molecule has 50 heavy (non-hydrogen) atoms. The highest BCUT2D eigenvalue weighted by Gasteiger charge is 2.71. The number of likely N-dealkylation sites (tertiary alicyclic amines) is 1. The van der Waals surface area contributed by atoms with E-state index < -0.39 is 22.8 Å². The fraction of sp³-hybridized carbons (Fsp3) is 0.857. The highest BCUT2D eigenvalue weighted by molar-refractivity contribution is 6.07. The molecule has 5 aliphatic carbocycles. The van der Waals surface area contributed by atoms with Crippen LogP contribution in [0.5, 0.6) is 0 Å². The van der Waals surface area contributed by atoms with Gasteiger partial charge in [0.25, 0.3) is 0 Å². The summed E-state index contributed by atoms with van der Waals surface area (Å²) in [5, 5.41) is 13.0. The molecule has 2 N–H and O–H groups in total. The monoisotopic (exact) mass is 694 g/mol. The number of hydrogen-bond acceptors (Lipinski definition) is 6. The maximum absolute atomic E-state index is 14.5. The van der Waals surface area contributed by atoms with Crippen molar-refractivity contribution in [3.05, 3.63) is 11.1 Å². The van der Waals surface area contributed by atoms with E-state index in [9.17, 15) is 24.3 Å². The first-order valence-corrected chi connectivity index (χ1v) is 19.8. The Balaban J connectivity index is 1.28. The number of nitrogens with zero attached hydrogens (tertiary/aromatic N) is 1. The Morgan fingerprint density at radius 1 is 0.940 bits per heavy atom. The number of allylic oxidation sites excluding steroid dienone is 1. The molecule has 0 aromatic carbocycles. The molecule has 280 valence electrons. The molecule has 9 atom stereocenters. The molecule has 8 nitrogen and oxygen atoms in total.